The second kappa shape index (κ2) is 2.21. The van der Waals surface area contributed by atoms with Crippen LogP contribution in [-0.2, 0) is 0 Å². The first-order valence-electron chi connectivity index (χ1n) is 3.90. The summed E-state index contributed by atoms with van der Waals surface area (Å²) in [5, 5.41) is 15.5. The van der Waals surface area contributed by atoms with Crippen molar-refractivity contribution in [1.29, 1.82) is 5.26 Å². The van der Waals surface area contributed by atoms with Gasteiger partial charge in [0, 0.05) is 11.5 Å². The molecule has 0 spiro atoms. The predicted octanol–water partition coefficient (Wildman–Crippen LogP) is 1.80. The van der Waals surface area contributed by atoms with Gasteiger partial charge in [0.05, 0.1) is 5.69 Å². The third-order valence-corrected chi connectivity index (χ3v) is 2.43. The molecule has 1 aromatic rings. The number of hydrogen-bond acceptors (Lipinski definition) is 2. The lowest BCUT2D eigenvalue weighted by molar-refractivity contribution is 0.915. The van der Waals surface area contributed by atoms with E-state index in [-0.39, 0.29) is 0 Å². The van der Waals surface area contributed by atoms with E-state index < -0.39 is 0 Å². The zero-order valence-corrected chi connectivity index (χ0v) is 7.05. The number of allylic oxidation sites excluding steroid dienone is 1. The summed E-state index contributed by atoms with van der Waals surface area (Å²) < 4.78 is 0. The van der Waals surface area contributed by atoms with Crippen molar-refractivity contribution in [1.82, 2.24) is 10.2 Å². The molecule has 0 amide bonds. The van der Waals surface area contributed by atoms with E-state index in [1.165, 1.54) is 5.57 Å². The summed E-state index contributed by atoms with van der Waals surface area (Å²) >= 11 is 0. The minimum absolute atomic E-state index is 0.341. The Bertz CT molecular complexity index is 392. The van der Waals surface area contributed by atoms with Crippen molar-refractivity contribution in [3.05, 3.63) is 22.5 Å². The highest BCUT2D eigenvalue weighted by atomic mass is 15.1. The highest BCUT2D eigenvalue weighted by Gasteiger charge is 2.24. The van der Waals surface area contributed by atoms with Crippen molar-refractivity contribution in [3.8, 4) is 6.07 Å². The molecule has 0 unspecified atom stereocenters. The molecule has 1 N–H and O–H groups in total. The van der Waals surface area contributed by atoms with E-state index in [0.29, 0.717) is 11.6 Å². The maximum atomic E-state index is 8.74. The summed E-state index contributed by atoms with van der Waals surface area (Å²) in [6.45, 7) is 4.16. The standard InChI is InChI=1S/C9H9N3/c1-5-3-7-9(6(5)2)8(4-10)12-11-7/h3,6H,1-2H3,(H,11,12)/t6-/m0/s1. The van der Waals surface area contributed by atoms with Gasteiger partial charge >= 0.3 is 0 Å². The molecular weight excluding hydrogens is 150 g/mol. The summed E-state index contributed by atoms with van der Waals surface area (Å²) in [6.07, 6.45) is 2.05. The van der Waals surface area contributed by atoms with E-state index in [0.717, 1.165) is 11.3 Å². The number of aromatic amines is 1. The Morgan fingerprint density at radius 1 is 1.67 bits per heavy atom. The van der Waals surface area contributed by atoms with E-state index >= 15 is 0 Å². The van der Waals surface area contributed by atoms with Crippen molar-refractivity contribution in [3.63, 3.8) is 0 Å². The number of nitrogens with zero attached hydrogens (tertiary/aromatic N) is 2. The molecule has 0 fully saturated rings. The van der Waals surface area contributed by atoms with Crippen LogP contribution >= 0.6 is 0 Å². The molecule has 1 atom stereocenters. The van der Waals surface area contributed by atoms with Gasteiger partial charge in [0.25, 0.3) is 0 Å². The minimum atomic E-state index is 0.341. The van der Waals surface area contributed by atoms with Crippen LogP contribution in [-0.4, -0.2) is 10.2 Å². The number of aromatic nitrogens is 2. The van der Waals surface area contributed by atoms with Crippen LogP contribution in [0.4, 0.5) is 0 Å². The Balaban J connectivity index is 2.61. The fourth-order valence-corrected chi connectivity index (χ4v) is 1.58. The summed E-state index contributed by atoms with van der Waals surface area (Å²) in [5.41, 5.74) is 3.87. The SMILES string of the molecule is CC1=Cc2[nH]nc(C#N)c2[C@H]1C. The first-order chi connectivity index (χ1) is 5.74. The number of hydrogen-bond donors (Lipinski definition) is 1. The molecule has 3 heteroatoms. The number of H-pyrrole nitrogens is 1. The van der Waals surface area contributed by atoms with Gasteiger partial charge in [-0.3, -0.25) is 5.10 Å². The average molecular weight is 159 g/mol. The number of fused-ring (bicyclic) bond motifs is 1. The van der Waals surface area contributed by atoms with Crippen molar-refractivity contribution < 1.29 is 0 Å². The minimum Gasteiger partial charge on any atom is -0.277 e. The zero-order valence-electron chi connectivity index (χ0n) is 7.05. The molecular formula is C9H9N3. The van der Waals surface area contributed by atoms with Gasteiger partial charge in [-0.15, -0.1) is 0 Å². The monoisotopic (exact) mass is 159 g/mol. The predicted molar refractivity (Wildman–Crippen MR) is 45.4 cm³/mol. The van der Waals surface area contributed by atoms with Crippen LogP contribution in [0.5, 0.6) is 0 Å². The maximum Gasteiger partial charge on any atom is 0.166 e. The zero-order chi connectivity index (χ0) is 8.72. The van der Waals surface area contributed by atoms with Gasteiger partial charge in [-0.2, -0.15) is 10.4 Å². The quantitative estimate of drug-likeness (QED) is 0.627. The van der Waals surface area contributed by atoms with Crippen LogP contribution < -0.4 is 0 Å². The topological polar surface area (TPSA) is 52.5 Å². The Morgan fingerprint density at radius 2 is 2.42 bits per heavy atom. The third kappa shape index (κ3) is 0.722. The third-order valence-electron chi connectivity index (χ3n) is 2.43. The second-order valence-electron chi connectivity index (χ2n) is 3.12. The molecule has 1 aromatic heterocycles. The van der Waals surface area contributed by atoms with E-state index in [9.17, 15) is 0 Å². The summed E-state index contributed by atoms with van der Waals surface area (Å²) in [6, 6.07) is 2.08. The van der Waals surface area contributed by atoms with Gasteiger partial charge in [-0.05, 0) is 13.0 Å². The smallest absolute Gasteiger partial charge is 0.166 e. The second-order valence-corrected chi connectivity index (χ2v) is 3.12. The maximum absolute atomic E-state index is 8.74. The van der Waals surface area contributed by atoms with Crippen LogP contribution in [0.15, 0.2) is 5.57 Å². The lowest BCUT2D eigenvalue weighted by Gasteiger charge is -2.03. The Hall–Kier alpha value is -1.56. The number of nitriles is 1. The number of nitrogens with one attached hydrogen (secondary N) is 1. The van der Waals surface area contributed by atoms with Gasteiger partial charge in [0.2, 0.25) is 0 Å². The first-order valence-corrected chi connectivity index (χ1v) is 3.90. The molecule has 60 valence electrons. The molecule has 0 aromatic carbocycles. The van der Waals surface area contributed by atoms with Crippen LogP contribution in [0.3, 0.4) is 0 Å². The Morgan fingerprint density at radius 3 is 3.08 bits per heavy atom. The van der Waals surface area contributed by atoms with Gasteiger partial charge in [0.1, 0.15) is 6.07 Å². The lowest BCUT2D eigenvalue weighted by atomic mass is 10.00. The molecule has 0 aliphatic heterocycles. The van der Waals surface area contributed by atoms with E-state index in [4.69, 9.17) is 5.26 Å². The largest absolute Gasteiger partial charge is 0.277 e. The van der Waals surface area contributed by atoms with Crippen molar-refractivity contribution in [2.45, 2.75) is 19.8 Å². The van der Waals surface area contributed by atoms with E-state index in [2.05, 4.69) is 30.1 Å². The van der Waals surface area contributed by atoms with Crippen LogP contribution in [0.2, 0.25) is 0 Å². The molecule has 3 nitrogen and oxygen atoms in total. The van der Waals surface area contributed by atoms with Crippen LogP contribution in [0.1, 0.15) is 36.7 Å². The van der Waals surface area contributed by atoms with E-state index in [1.54, 1.807) is 0 Å². The molecule has 1 aliphatic carbocycles. The summed E-state index contributed by atoms with van der Waals surface area (Å²) in [4.78, 5) is 0. The summed E-state index contributed by atoms with van der Waals surface area (Å²) in [7, 11) is 0. The Labute approximate surface area is 70.7 Å². The molecule has 0 radical (unpaired) electrons. The van der Waals surface area contributed by atoms with Crippen LogP contribution in [0.25, 0.3) is 6.08 Å². The van der Waals surface area contributed by atoms with Crippen LogP contribution in [0, 0.1) is 11.3 Å². The highest BCUT2D eigenvalue weighted by molar-refractivity contribution is 5.65. The lowest BCUT2D eigenvalue weighted by Crippen LogP contribution is -1.91. The molecule has 1 heterocycles. The summed E-state index contributed by atoms with van der Waals surface area (Å²) in [5.74, 6) is 0.341. The molecule has 2 rings (SSSR count). The van der Waals surface area contributed by atoms with Gasteiger partial charge < -0.3 is 0 Å². The molecule has 0 bridgehead atoms. The normalized spacial score (nSPS) is 20.1. The average Bonchev–Trinajstić information content (AvgIpc) is 2.55. The van der Waals surface area contributed by atoms with Gasteiger partial charge in [-0.1, -0.05) is 12.5 Å². The van der Waals surface area contributed by atoms with E-state index in [1.807, 2.05) is 6.08 Å². The van der Waals surface area contributed by atoms with Gasteiger partial charge in [-0.25, -0.2) is 0 Å². The fourth-order valence-electron chi connectivity index (χ4n) is 1.58. The Kier molecular flexibility index (Phi) is 1.31. The van der Waals surface area contributed by atoms with Crippen molar-refractivity contribution in [2.75, 3.05) is 0 Å². The fraction of sp³-hybridized carbons (Fsp3) is 0.333. The number of rotatable bonds is 0. The van der Waals surface area contributed by atoms with Crippen molar-refractivity contribution >= 4 is 6.08 Å². The molecule has 12 heavy (non-hydrogen) atoms. The van der Waals surface area contributed by atoms with Crippen molar-refractivity contribution in [2.24, 2.45) is 0 Å². The molecule has 1 aliphatic rings. The highest BCUT2D eigenvalue weighted by Crippen LogP contribution is 2.35. The molecule has 0 saturated carbocycles. The first kappa shape index (κ1) is 7.11. The van der Waals surface area contributed by atoms with Gasteiger partial charge in [0.15, 0.2) is 5.69 Å². The molecule has 0 saturated heterocycles.